The number of carbonyl (C=O) groups is 1. The van der Waals surface area contributed by atoms with Crippen molar-refractivity contribution in [1.82, 2.24) is 30.0 Å². The molecule has 0 saturated heterocycles. The van der Waals surface area contributed by atoms with Crippen LogP contribution >= 0.6 is 0 Å². The van der Waals surface area contributed by atoms with Gasteiger partial charge < -0.3 is 5.32 Å². The highest BCUT2D eigenvalue weighted by Gasteiger charge is 2.15. The Morgan fingerprint density at radius 3 is 2.58 bits per heavy atom. The fourth-order valence-corrected chi connectivity index (χ4v) is 2.51. The van der Waals surface area contributed by atoms with Crippen LogP contribution in [0.2, 0.25) is 0 Å². The molecule has 3 aromatic rings. The summed E-state index contributed by atoms with van der Waals surface area (Å²) >= 11 is 0. The maximum Gasteiger partial charge on any atom is 0.248 e. The fourth-order valence-electron chi connectivity index (χ4n) is 2.51. The number of hydrogen-bond acceptors (Lipinski definition) is 5. The van der Waals surface area contributed by atoms with Gasteiger partial charge in [0.25, 0.3) is 0 Å². The number of nitrogens with one attached hydrogen (secondary N) is 1. The molecule has 24 heavy (non-hydrogen) atoms. The van der Waals surface area contributed by atoms with E-state index in [2.05, 4.69) is 25.8 Å². The zero-order valence-corrected chi connectivity index (χ0v) is 13.9. The number of anilines is 1. The molecule has 0 unspecified atom stereocenters. The number of amides is 1. The third-order valence-electron chi connectivity index (χ3n) is 3.72. The first-order chi connectivity index (χ1) is 11.6. The van der Waals surface area contributed by atoms with E-state index in [1.807, 2.05) is 55.8 Å². The first-order valence-electron chi connectivity index (χ1n) is 7.75. The summed E-state index contributed by atoms with van der Waals surface area (Å²) in [5.74, 6) is 0.281. The van der Waals surface area contributed by atoms with Gasteiger partial charge in [0, 0.05) is 12.1 Å². The summed E-state index contributed by atoms with van der Waals surface area (Å²) in [6.45, 7) is 6.56. The lowest BCUT2D eigenvalue weighted by Gasteiger charge is -2.05. The van der Waals surface area contributed by atoms with E-state index in [9.17, 15) is 4.79 Å². The minimum absolute atomic E-state index is 0.00395. The quantitative estimate of drug-likeness (QED) is 0.772. The second-order valence-electron chi connectivity index (χ2n) is 5.42. The maximum absolute atomic E-state index is 12.3. The predicted octanol–water partition coefficient (Wildman–Crippen LogP) is 1.81. The van der Waals surface area contributed by atoms with Gasteiger partial charge in [-0.05, 0) is 26.0 Å². The summed E-state index contributed by atoms with van der Waals surface area (Å²) in [6, 6.07) is 9.52. The van der Waals surface area contributed by atoms with Gasteiger partial charge in [0.2, 0.25) is 11.7 Å². The molecule has 1 N–H and O–H groups in total. The minimum atomic E-state index is -0.214. The van der Waals surface area contributed by atoms with Crippen molar-refractivity contribution in [2.24, 2.45) is 0 Å². The van der Waals surface area contributed by atoms with Crippen LogP contribution < -0.4 is 5.32 Å². The highest BCUT2D eigenvalue weighted by atomic mass is 16.2. The molecular formula is C16H19N7O. The van der Waals surface area contributed by atoms with E-state index in [1.165, 1.54) is 4.80 Å². The van der Waals surface area contributed by atoms with Crippen LogP contribution in [-0.4, -0.2) is 35.9 Å². The summed E-state index contributed by atoms with van der Waals surface area (Å²) < 4.78 is 1.85. The van der Waals surface area contributed by atoms with Crippen molar-refractivity contribution in [1.29, 1.82) is 0 Å². The fraction of sp³-hybridized carbons (Fsp3) is 0.312. The molecule has 124 valence electrons. The lowest BCUT2D eigenvalue weighted by atomic mass is 10.2. The number of rotatable bonds is 5. The van der Waals surface area contributed by atoms with Crippen molar-refractivity contribution in [3.63, 3.8) is 0 Å². The Bertz CT molecular complexity index is 851. The Morgan fingerprint density at radius 1 is 1.17 bits per heavy atom. The van der Waals surface area contributed by atoms with Gasteiger partial charge >= 0.3 is 0 Å². The largest absolute Gasteiger partial charge is 0.321 e. The van der Waals surface area contributed by atoms with Crippen LogP contribution in [0.25, 0.3) is 11.4 Å². The molecule has 0 bridgehead atoms. The highest BCUT2D eigenvalue weighted by Crippen LogP contribution is 2.19. The van der Waals surface area contributed by atoms with E-state index in [1.54, 1.807) is 0 Å². The molecule has 3 rings (SSSR count). The lowest BCUT2D eigenvalue weighted by Crippen LogP contribution is -2.21. The Kier molecular flexibility index (Phi) is 4.37. The molecular weight excluding hydrogens is 306 g/mol. The van der Waals surface area contributed by atoms with Gasteiger partial charge in [0.05, 0.1) is 17.1 Å². The zero-order valence-electron chi connectivity index (χ0n) is 13.9. The van der Waals surface area contributed by atoms with Crippen LogP contribution in [0.3, 0.4) is 0 Å². The SMILES string of the molecule is CCn1nc(C)c(NC(=O)Cn2nnc(-c3ccccc3)n2)c1C. The van der Waals surface area contributed by atoms with E-state index in [0.717, 1.165) is 29.2 Å². The maximum atomic E-state index is 12.3. The third kappa shape index (κ3) is 3.17. The number of aryl methyl sites for hydroxylation is 2. The number of tetrazole rings is 1. The summed E-state index contributed by atoms with van der Waals surface area (Å²) in [4.78, 5) is 13.5. The normalized spacial score (nSPS) is 10.8. The van der Waals surface area contributed by atoms with Crippen LogP contribution in [-0.2, 0) is 17.9 Å². The zero-order chi connectivity index (χ0) is 17.1. The smallest absolute Gasteiger partial charge is 0.248 e. The highest BCUT2D eigenvalue weighted by molar-refractivity contribution is 5.91. The molecule has 8 nitrogen and oxygen atoms in total. The Balaban J connectivity index is 1.70. The van der Waals surface area contributed by atoms with Gasteiger partial charge in [0.15, 0.2) is 0 Å². The van der Waals surface area contributed by atoms with Gasteiger partial charge in [-0.1, -0.05) is 30.3 Å². The molecule has 8 heteroatoms. The number of nitrogens with zero attached hydrogens (tertiary/aromatic N) is 6. The third-order valence-corrected chi connectivity index (χ3v) is 3.72. The van der Waals surface area contributed by atoms with E-state index in [-0.39, 0.29) is 12.5 Å². The van der Waals surface area contributed by atoms with Gasteiger partial charge in [-0.3, -0.25) is 9.48 Å². The minimum Gasteiger partial charge on any atom is -0.321 e. The van der Waals surface area contributed by atoms with Crippen LogP contribution in [0.4, 0.5) is 5.69 Å². The average Bonchev–Trinajstić information content (AvgIpc) is 3.15. The van der Waals surface area contributed by atoms with Crippen molar-refractivity contribution < 1.29 is 4.79 Å². The van der Waals surface area contributed by atoms with E-state index in [0.29, 0.717) is 5.82 Å². The molecule has 0 atom stereocenters. The van der Waals surface area contributed by atoms with Crippen molar-refractivity contribution in [2.45, 2.75) is 33.9 Å². The van der Waals surface area contributed by atoms with Gasteiger partial charge in [-0.2, -0.15) is 9.90 Å². The Morgan fingerprint density at radius 2 is 1.92 bits per heavy atom. The molecule has 1 amide bonds. The van der Waals surface area contributed by atoms with Crippen LogP contribution in [0.1, 0.15) is 18.3 Å². The Labute approximate surface area is 139 Å². The number of aromatic nitrogens is 6. The van der Waals surface area contributed by atoms with Crippen LogP contribution in [0.15, 0.2) is 30.3 Å². The van der Waals surface area contributed by atoms with Gasteiger partial charge in [-0.25, -0.2) is 0 Å². The van der Waals surface area contributed by atoms with E-state index in [4.69, 9.17) is 0 Å². The van der Waals surface area contributed by atoms with E-state index >= 15 is 0 Å². The van der Waals surface area contributed by atoms with Crippen LogP contribution in [0.5, 0.6) is 0 Å². The lowest BCUT2D eigenvalue weighted by molar-refractivity contribution is -0.117. The Hall–Kier alpha value is -3.03. The topological polar surface area (TPSA) is 90.5 Å². The van der Waals surface area contributed by atoms with Gasteiger partial charge in [0.1, 0.15) is 6.54 Å². The molecule has 0 aliphatic heterocycles. The molecule has 2 heterocycles. The molecule has 1 aromatic carbocycles. The van der Waals surface area contributed by atoms with E-state index < -0.39 is 0 Å². The number of carbonyl (C=O) groups excluding carboxylic acids is 1. The van der Waals surface area contributed by atoms with Gasteiger partial charge in [-0.15, -0.1) is 10.2 Å². The summed E-state index contributed by atoms with van der Waals surface area (Å²) in [7, 11) is 0. The van der Waals surface area contributed by atoms with Crippen molar-refractivity contribution in [3.05, 3.63) is 41.7 Å². The predicted molar refractivity (Wildman–Crippen MR) is 89.3 cm³/mol. The average molecular weight is 325 g/mol. The second-order valence-corrected chi connectivity index (χ2v) is 5.42. The molecule has 2 aromatic heterocycles. The molecule has 0 saturated carbocycles. The summed E-state index contributed by atoms with van der Waals surface area (Å²) in [6.07, 6.45) is 0. The second kappa shape index (κ2) is 6.61. The van der Waals surface area contributed by atoms with Crippen molar-refractivity contribution in [2.75, 3.05) is 5.32 Å². The number of benzene rings is 1. The molecule has 0 aliphatic carbocycles. The molecule has 0 fully saturated rings. The van der Waals surface area contributed by atoms with Crippen molar-refractivity contribution >= 4 is 11.6 Å². The molecule has 0 aliphatic rings. The summed E-state index contributed by atoms with van der Waals surface area (Å²) in [5, 5.41) is 19.4. The molecule has 0 radical (unpaired) electrons. The standard InChI is InChI=1S/C16H19N7O/c1-4-22-12(3)15(11(2)19-22)17-14(24)10-23-20-16(18-21-23)13-8-6-5-7-9-13/h5-9H,4,10H2,1-3H3,(H,17,24). The first kappa shape index (κ1) is 15.9. The summed E-state index contributed by atoms with van der Waals surface area (Å²) in [5.41, 5.74) is 3.32. The van der Waals surface area contributed by atoms with Crippen LogP contribution in [0, 0.1) is 13.8 Å². The number of hydrogen-bond donors (Lipinski definition) is 1. The first-order valence-corrected chi connectivity index (χ1v) is 7.75. The molecule has 0 spiro atoms. The van der Waals surface area contributed by atoms with Crippen molar-refractivity contribution in [3.8, 4) is 11.4 Å². The monoisotopic (exact) mass is 325 g/mol.